The fourth-order valence-electron chi connectivity index (χ4n) is 6.90. The predicted molar refractivity (Wildman–Crippen MR) is 88.3 cm³/mol. The zero-order valence-electron chi connectivity index (χ0n) is 14.2. The molecule has 22 heavy (non-hydrogen) atoms. The van der Waals surface area contributed by atoms with Crippen molar-refractivity contribution in [3.8, 4) is 0 Å². The summed E-state index contributed by atoms with van der Waals surface area (Å²) in [4.78, 5) is 0. The second-order valence-electron chi connectivity index (χ2n) is 8.85. The molecule has 4 aliphatic rings. The van der Waals surface area contributed by atoms with E-state index in [4.69, 9.17) is 0 Å². The standard InChI is InChI=1S/C20H32O2/c1-3-12-10-13-11-14(21)4-5-15(13)16-8-9-20(2)17(19(12)16)6-7-18(20)22/h11-12,14-19,21-22H,3-10H2,1-2H3/t12-,14+,15+,16-,17+,18+,19-,20+/m1/s1. The maximum Gasteiger partial charge on any atom is 0.0723 e. The Kier molecular flexibility index (Phi) is 3.69. The van der Waals surface area contributed by atoms with Gasteiger partial charge in [0.05, 0.1) is 12.2 Å². The lowest BCUT2D eigenvalue weighted by Crippen LogP contribution is -2.50. The van der Waals surface area contributed by atoms with Crippen molar-refractivity contribution in [3.05, 3.63) is 11.6 Å². The van der Waals surface area contributed by atoms with Crippen molar-refractivity contribution in [1.29, 1.82) is 0 Å². The van der Waals surface area contributed by atoms with Crippen LogP contribution in [0.3, 0.4) is 0 Å². The van der Waals surface area contributed by atoms with Gasteiger partial charge in [-0.1, -0.05) is 31.9 Å². The highest BCUT2D eigenvalue weighted by atomic mass is 16.3. The van der Waals surface area contributed by atoms with Gasteiger partial charge in [-0.15, -0.1) is 0 Å². The van der Waals surface area contributed by atoms with E-state index in [-0.39, 0.29) is 17.6 Å². The summed E-state index contributed by atoms with van der Waals surface area (Å²) in [6.45, 7) is 4.72. The van der Waals surface area contributed by atoms with Gasteiger partial charge in [0.15, 0.2) is 0 Å². The third-order valence-electron chi connectivity index (χ3n) is 8.07. The van der Waals surface area contributed by atoms with Gasteiger partial charge in [-0.2, -0.15) is 0 Å². The average molecular weight is 304 g/mol. The van der Waals surface area contributed by atoms with Crippen LogP contribution >= 0.6 is 0 Å². The molecule has 4 aliphatic carbocycles. The monoisotopic (exact) mass is 304 g/mol. The lowest BCUT2D eigenvalue weighted by molar-refractivity contribution is -0.0758. The van der Waals surface area contributed by atoms with Gasteiger partial charge in [-0.3, -0.25) is 0 Å². The largest absolute Gasteiger partial charge is 0.393 e. The molecule has 8 atom stereocenters. The molecule has 0 radical (unpaired) electrons. The van der Waals surface area contributed by atoms with E-state index in [2.05, 4.69) is 19.9 Å². The number of aliphatic hydroxyl groups excluding tert-OH is 2. The molecule has 0 aromatic heterocycles. The van der Waals surface area contributed by atoms with Crippen LogP contribution in [0.15, 0.2) is 11.6 Å². The van der Waals surface area contributed by atoms with Gasteiger partial charge in [0.2, 0.25) is 0 Å². The number of fused-ring (bicyclic) bond motifs is 5. The Morgan fingerprint density at radius 2 is 1.95 bits per heavy atom. The SMILES string of the molecule is CC[C@@H]1CC2=C[C@@H](O)CC[C@@H]2[C@H]2CC[C@]3(C)[C@@H](O)CC[C@H]3[C@H]12. The Hall–Kier alpha value is -0.340. The normalized spacial score (nSPS) is 54.2. The highest BCUT2D eigenvalue weighted by Crippen LogP contribution is 2.63. The first kappa shape index (κ1) is 15.2. The Labute approximate surface area is 135 Å². The van der Waals surface area contributed by atoms with Crippen molar-refractivity contribution in [3.63, 3.8) is 0 Å². The molecule has 0 saturated heterocycles. The summed E-state index contributed by atoms with van der Waals surface area (Å²) in [5.74, 6) is 3.88. The third kappa shape index (κ3) is 2.06. The van der Waals surface area contributed by atoms with Crippen LogP contribution in [0.2, 0.25) is 0 Å². The van der Waals surface area contributed by atoms with Crippen LogP contribution in [0, 0.1) is 35.0 Å². The van der Waals surface area contributed by atoms with E-state index in [1.54, 1.807) is 5.57 Å². The maximum atomic E-state index is 10.6. The molecule has 0 bridgehead atoms. The molecular weight excluding hydrogens is 272 g/mol. The Morgan fingerprint density at radius 1 is 1.14 bits per heavy atom. The Morgan fingerprint density at radius 3 is 2.73 bits per heavy atom. The smallest absolute Gasteiger partial charge is 0.0723 e. The topological polar surface area (TPSA) is 40.5 Å². The van der Waals surface area contributed by atoms with Crippen LogP contribution in [-0.4, -0.2) is 22.4 Å². The molecule has 0 amide bonds. The first-order chi connectivity index (χ1) is 10.5. The fraction of sp³-hybridized carbons (Fsp3) is 0.900. The van der Waals surface area contributed by atoms with E-state index in [9.17, 15) is 10.2 Å². The molecule has 2 N–H and O–H groups in total. The van der Waals surface area contributed by atoms with Crippen LogP contribution in [-0.2, 0) is 0 Å². The molecule has 0 unspecified atom stereocenters. The molecule has 3 saturated carbocycles. The molecule has 2 nitrogen and oxygen atoms in total. The molecule has 2 heteroatoms. The third-order valence-corrected chi connectivity index (χ3v) is 8.07. The molecule has 0 aromatic carbocycles. The summed E-state index contributed by atoms with van der Waals surface area (Å²) in [5.41, 5.74) is 1.76. The van der Waals surface area contributed by atoms with E-state index < -0.39 is 0 Å². The molecule has 3 fully saturated rings. The zero-order valence-corrected chi connectivity index (χ0v) is 14.2. The number of aliphatic hydroxyl groups is 2. The van der Waals surface area contributed by atoms with Gasteiger partial charge >= 0.3 is 0 Å². The van der Waals surface area contributed by atoms with Crippen molar-refractivity contribution in [2.75, 3.05) is 0 Å². The van der Waals surface area contributed by atoms with E-state index in [0.29, 0.717) is 0 Å². The molecule has 0 heterocycles. The van der Waals surface area contributed by atoms with Gasteiger partial charge in [0, 0.05) is 0 Å². The number of hydrogen-bond donors (Lipinski definition) is 2. The molecule has 124 valence electrons. The lowest BCUT2D eigenvalue weighted by atomic mass is 9.49. The summed E-state index contributed by atoms with van der Waals surface area (Å²) in [5, 5.41) is 20.6. The zero-order chi connectivity index (χ0) is 15.5. The van der Waals surface area contributed by atoms with E-state index in [1.165, 1.54) is 38.5 Å². The number of allylic oxidation sites excluding steroid dienone is 1. The van der Waals surface area contributed by atoms with Crippen molar-refractivity contribution >= 4 is 0 Å². The van der Waals surface area contributed by atoms with E-state index in [0.717, 1.165) is 42.4 Å². The van der Waals surface area contributed by atoms with Crippen LogP contribution in [0.4, 0.5) is 0 Å². The summed E-state index contributed by atoms with van der Waals surface area (Å²) in [6, 6.07) is 0. The quantitative estimate of drug-likeness (QED) is 0.721. The summed E-state index contributed by atoms with van der Waals surface area (Å²) >= 11 is 0. The predicted octanol–water partition coefficient (Wildman–Crippen LogP) is 3.92. The van der Waals surface area contributed by atoms with Crippen LogP contribution in [0.1, 0.15) is 65.2 Å². The summed E-state index contributed by atoms with van der Waals surface area (Å²) < 4.78 is 0. The van der Waals surface area contributed by atoms with Gasteiger partial charge in [0.1, 0.15) is 0 Å². The number of rotatable bonds is 1. The van der Waals surface area contributed by atoms with Crippen LogP contribution < -0.4 is 0 Å². The summed E-state index contributed by atoms with van der Waals surface area (Å²) in [7, 11) is 0. The second-order valence-corrected chi connectivity index (χ2v) is 8.85. The van der Waals surface area contributed by atoms with Crippen molar-refractivity contribution in [2.24, 2.45) is 35.0 Å². The first-order valence-electron chi connectivity index (χ1n) is 9.61. The van der Waals surface area contributed by atoms with Crippen molar-refractivity contribution < 1.29 is 10.2 Å². The van der Waals surface area contributed by atoms with Gasteiger partial charge < -0.3 is 10.2 Å². The van der Waals surface area contributed by atoms with Gasteiger partial charge in [-0.25, -0.2) is 0 Å². The van der Waals surface area contributed by atoms with E-state index >= 15 is 0 Å². The lowest BCUT2D eigenvalue weighted by Gasteiger charge is -2.56. The Balaban J connectivity index is 1.68. The molecule has 0 aliphatic heterocycles. The number of hydrogen-bond acceptors (Lipinski definition) is 2. The van der Waals surface area contributed by atoms with Crippen LogP contribution in [0.25, 0.3) is 0 Å². The van der Waals surface area contributed by atoms with E-state index in [1.807, 2.05) is 0 Å². The van der Waals surface area contributed by atoms with Crippen molar-refractivity contribution in [2.45, 2.75) is 77.4 Å². The minimum atomic E-state index is -0.192. The maximum absolute atomic E-state index is 10.6. The molecule has 4 rings (SSSR count). The van der Waals surface area contributed by atoms with Gasteiger partial charge in [0.25, 0.3) is 0 Å². The molecular formula is C20H32O2. The first-order valence-corrected chi connectivity index (χ1v) is 9.61. The second kappa shape index (κ2) is 5.34. The van der Waals surface area contributed by atoms with Crippen molar-refractivity contribution in [1.82, 2.24) is 0 Å². The summed E-state index contributed by atoms with van der Waals surface area (Å²) in [6.07, 6.45) is 11.3. The minimum absolute atomic E-state index is 0.0685. The molecule has 0 aromatic rings. The Bertz CT molecular complexity index is 470. The molecule has 0 spiro atoms. The average Bonchev–Trinajstić information content (AvgIpc) is 2.81. The highest BCUT2D eigenvalue weighted by molar-refractivity contribution is 5.21. The van der Waals surface area contributed by atoms with Crippen LogP contribution in [0.5, 0.6) is 0 Å². The minimum Gasteiger partial charge on any atom is -0.393 e. The fourth-order valence-corrected chi connectivity index (χ4v) is 6.90. The highest BCUT2D eigenvalue weighted by Gasteiger charge is 2.57. The van der Waals surface area contributed by atoms with Gasteiger partial charge in [-0.05, 0) is 80.0 Å².